The van der Waals surface area contributed by atoms with Gasteiger partial charge in [-0.25, -0.2) is 8.42 Å². The lowest BCUT2D eigenvalue weighted by Crippen LogP contribution is -2.07. The SMILES string of the molecule is CS(=O)(=O)c1ccc(C(F)(F)F)c(Cl)c1. The van der Waals surface area contributed by atoms with Crippen LogP contribution in [0.3, 0.4) is 0 Å². The predicted molar refractivity (Wildman–Crippen MR) is 49.6 cm³/mol. The fourth-order valence-corrected chi connectivity index (χ4v) is 1.96. The van der Waals surface area contributed by atoms with Gasteiger partial charge in [0.25, 0.3) is 0 Å². The molecule has 0 heterocycles. The van der Waals surface area contributed by atoms with Crippen molar-refractivity contribution < 1.29 is 21.6 Å². The first-order valence-electron chi connectivity index (χ1n) is 3.69. The Balaban J connectivity index is 3.34. The molecule has 0 saturated carbocycles. The van der Waals surface area contributed by atoms with Gasteiger partial charge in [0.1, 0.15) is 0 Å². The Morgan fingerprint density at radius 3 is 2.13 bits per heavy atom. The minimum Gasteiger partial charge on any atom is -0.224 e. The van der Waals surface area contributed by atoms with E-state index >= 15 is 0 Å². The summed E-state index contributed by atoms with van der Waals surface area (Å²) in [5.41, 5.74) is -1.04. The summed E-state index contributed by atoms with van der Waals surface area (Å²) in [5, 5.41) is -0.620. The van der Waals surface area contributed by atoms with Gasteiger partial charge < -0.3 is 0 Å². The third-order valence-electron chi connectivity index (χ3n) is 1.67. The molecule has 0 aliphatic rings. The molecule has 0 atom stereocenters. The number of hydrogen-bond acceptors (Lipinski definition) is 2. The van der Waals surface area contributed by atoms with Gasteiger partial charge in [0.15, 0.2) is 9.84 Å². The molecule has 0 saturated heterocycles. The van der Waals surface area contributed by atoms with Crippen molar-refractivity contribution in [2.45, 2.75) is 11.1 Å². The van der Waals surface area contributed by atoms with Crippen LogP contribution in [0.4, 0.5) is 13.2 Å². The summed E-state index contributed by atoms with van der Waals surface area (Å²) in [7, 11) is -3.54. The average Bonchev–Trinajstić information content (AvgIpc) is 1.99. The number of benzene rings is 1. The van der Waals surface area contributed by atoms with Crippen LogP contribution in [0, 0.1) is 0 Å². The molecule has 2 nitrogen and oxygen atoms in total. The maximum Gasteiger partial charge on any atom is 0.417 e. The highest BCUT2D eigenvalue weighted by molar-refractivity contribution is 7.90. The maximum atomic E-state index is 12.2. The van der Waals surface area contributed by atoms with Crippen molar-refractivity contribution in [1.82, 2.24) is 0 Å². The Morgan fingerprint density at radius 2 is 1.80 bits per heavy atom. The highest BCUT2D eigenvalue weighted by Gasteiger charge is 2.33. The zero-order valence-corrected chi connectivity index (χ0v) is 9.04. The predicted octanol–water partition coefficient (Wildman–Crippen LogP) is 2.76. The maximum absolute atomic E-state index is 12.2. The van der Waals surface area contributed by atoms with E-state index < -0.39 is 26.6 Å². The van der Waals surface area contributed by atoms with Crippen LogP contribution in [-0.2, 0) is 16.0 Å². The molecule has 0 unspecified atom stereocenters. The van der Waals surface area contributed by atoms with E-state index in [1.54, 1.807) is 0 Å². The lowest BCUT2D eigenvalue weighted by Gasteiger charge is -2.09. The molecule has 0 fully saturated rings. The first kappa shape index (κ1) is 12.3. The van der Waals surface area contributed by atoms with Gasteiger partial charge in [-0.3, -0.25) is 0 Å². The van der Waals surface area contributed by atoms with Gasteiger partial charge in [-0.1, -0.05) is 11.6 Å². The molecule has 1 aromatic carbocycles. The molecular formula is C8H6ClF3O2S. The molecule has 0 N–H and O–H groups in total. The van der Waals surface area contributed by atoms with E-state index in [2.05, 4.69) is 0 Å². The molecule has 0 aromatic heterocycles. The lowest BCUT2D eigenvalue weighted by molar-refractivity contribution is -0.137. The third kappa shape index (κ3) is 2.85. The monoisotopic (exact) mass is 258 g/mol. The minimum atomic E-state index is -4.58. The second-order valence-corrected chi connectivity index (χ2v) is 5.33. The highest BCUT2D eigenvalue weighted by Crippen LogP contribution is 2.35. The van der Waals surface area contributed by atoms with Gasteiger partial charge in [-0.15, -0.1) is 0 Å². The molecule has 7 heteroatoms. The first-order valence-corrected chi connectivity index (χ1v) is 5.96. The van der Waals surface area contributed by atoms with Gasteiger partial charge in [0.05, 0.1) is 15.5 Å². The Kier molecular flexibility index (Phi) is 3.02. The molecule has 0 amide bonds. The number of rotatable bonds is 1. The van der Waals surface area contributed by atoms with Crippen LogP contribution in [0.2, 0.25) is 5.02 Å². The van der Waals surface area contributed by atoms with E-state index in [1.165, 1.54) is 0 Å². The Morgan fingerprint density at radius 1 is 1.27 bits per heavy atom. The van der Waals surface area contributed by atoms with E-state index in [0.717, 1.165) is 18.4 Å². The second kappa shape index (κ2) is 3.68. The summed E-state index contributed by atoms with van der Waals surface area (Å²) < 4.78 is 58.7. The zero-order valence-electron chi connectivity index (χ0n) is 7.47. The Labute approximate surface area is 89.6 Å². The largest absolute Gasteiger partial charge is 0.417 e. The summed E-state index contributed by atoms with van der Waals surface area (Å²) in [4.78, 5) is -0.236. The topological polar surface area (TPSA) is 34.1 Å². The van der Waals surface area contributed by atoms with Crippen molar-refractivity contribution in [3.8, 4) is 0 Å². The Bertz CT molecular complexity index is 479. The highest BCUT2D eigenvalue weighted by atomic mass is 35.5. The average molecular weight is 259 g/mol. The molecule has 15 heavy (non-hydrogen) atoms. The van der Waals surface area contributed by atoms with E-state index in [1.807, 2.05) is 0 Å². The number of hydrogen-bond donors (Lipinski definition) is 0. The fourth-order valence-electron chi connectivity index (χ4n) is 0.956. The van der Waals surface area contributed by atoms with Gasteiger partial charge in [-0.05, 0) is 18.2 Å². The summed E-state index contributed by atoms with van der Waals surface area (Å²) in [6, 6.07) is 2.32. The molecule has 0 bridgehead atoms. The van der Waals surface area contributed by atoms with Crippen LogP contribution in [0.1, 0.15) is 5.56 Å². The molecular weight excluding hydrogens is 253 g/mol. The molecule has 0 aliphatic carbocycles. The molecule has 1 aromatic rings. The number of alkyl halides is 3. The first-order chi connectivity index (χ1) is 6.62. The molecule has 1 rings (SSSR count). The van der Waals surface area contributed by atoms with Gasteiger partial charge in [-0.2, -0.15) is 13.2 Å². The smallest absolute Gasteiger partial charge is 0.224 e. The molecule has 0 radical (unpaired) electrons. The van der Waals surface area contributed by atoms with Crippen LogP contribution in [-0.4, -0.2) is 14.7 Å². The summed E-state index contributed by atoms with van der Waals surface area (Å²) >= 11 is 5.34. The van der Waals surface area contributed by atoms with Crippen molar-refractivity contribution >= 4 is 21.4 Å². The van der Waals surface area contributed by atoms with Crippen LogP contribution in [0.25, 0.3) is 0 Å². The summed E-state index contributed by atoms with van der Waals surface area (Å²) in [6.45, 7) is 0. The molecule has 0 spiro atoms. The fraction of sp³-hybridized carbons (Fsp3) is 0.250. The van der Waals surface area contributed by atoms with Crippen molar-refractivity contribution in [2.24, 2.45) is 0 Å². The van der Waals surface area contributed by atoms with Crippen molar-refractivity contribution in [2.75, 3.05) is 6.26 Å². The second-order valence-electron chi connectivity index (χ2n) is 2.91. The molecule has 0 aliphatic heterocycles. The van der Waals surface area contributed by atoms with Crippen LogP contribution < -0.4 is 0 Å². The molecule has 84 valence electrons. The van der Waals surface area contributed by atoms with E-state index in [9.17, 15) is 21.6 Å². The standard InChI is InChI=1S/C8H6ClF3O2S/c1-15(13,14)5-2-3-6(7(9)4-5)8(10,11)12/h2-4H,1H3. The Hall–Kier alpha value is -0.750. The zero-order chi connectivity index (χ0) is 11.9. The summed E-state index contributed by atoms with van der Waals surface area (Å²) in [5.74, 6) is 0. The normalized spacial score (nSPS) is 12.9. The number of sulfone groups is 1. The van der Waals surface area contributed by atoms with E-state index in [0.29, 0.717) is 6.07 Å². The quantitative estimate of drug-likeness (QED) is 0.776. The minimum absolute atomic E-state index is 0.236. The van der Waals surface area contributed by atoms with Crippen LogP contribution in [0.15, 0.2) is 23.1 Å². The van der Waals surface area contributed by atoms with Crippen LogP contribution in [0.5, 0.6) is 0 Å². The van der Waals surface area contributed by atoms with Crippen molar-refractivity contribution in [3.63, 3.8) is 0 Å². The van der Waals surface area contributed by atoms with Gasteiger partial charge in [0, 0.05) is 6.26 Å². The van der Waals surface area contributed by atoms with Crippen LogP contribution >= 0.6 is 11.6 Å². The van der Waals surface area contributed by atoms with Crippen molar-refractivity contribution in [3.05, 3.63) is 28.8 Å². The summed E-state index contributed by atoms with van der Waals surface area (Å²) in [6.07, 6.45) is -3.68. The third-order valence-corrected chi connectivity index (χ3v) is 3.10. The van der Waals surface area contributed by atoms with E-state index in [-0.39, 0.29) is 4.90 Å². The van der Waals surface area contributed by atoms with Gasteiger partial charge in [0.2, 0.25) is 0 Å². The number of halogens is 4. The van der Waals surface area contributed by atoms with E-state index in [4.69, 9.17) is 11.6 Å². The lowest BCUT2D eigenvalue weighted by atomic mass is 10.2. The van der Waals surface area contributed by atoms with Gasteiger partial charge >= 0.3 is 6.18 Å². The van der Waals surface area contributed by atoms with Crippen molar-refractivity contribution in [1.29, 1.82) is 0 Å².